The number of carbonyl (C=O) groups excluding carboxylic acids is 1. The highest BCUT2D eigenvalue weighted by Gasteiger charge is 2.27. The quantitative estimate of drug-likeness (QED) is 0.221. The van der Waals surface area contributed by atoms with E-state index in [0.717, 1.165) is 22.1 Å². The summed E-state index contributed by atoms with van der Waals surface area (Å²) in [7, 11) is 1.52. The highest BCUT2D eigenvalue weighted by molar-refractivity contribution is 6.00. The van der Waals surface area contributed by atoms with Crippen LogP contribution in [0.25, 0.3) is 10.8 Å². The number of aromatic hydroxyl groups is 1. The number of phenolic OH excluding ortho intramolecular Hbond substituents is 1. The van der Waals surface area contributed by atoms with Gasteiger partial charge in [0.2, 0.25) is 0 Å². The molecule has 3 aromatic carbocycles. The van der Waals surface area contributed by atoms with Crippen LogP contribution in [-0.2, 0) is 11.2 Å². The summed E-state index contributed by atoms with van der Waals surface area (Å²) in [5.41, 5.74) is 5.02. The zero-order valence-corrected chi connectivity index (χ0v) is 21.1. The smallest absolute Gasteiger partial charge is 0.356 e. The maximum Gasteiger partial charge on any atom is 0.356 e. The van der Waals surface area contributed by atoms with Gasteiger partial charge in [0.05, 0.1) is 25.3 Å². The molecule has 1 aromatic heterocycles. The van der Waals surface area contributed by atoms with Crippen molar-refractivity contribution in [3.8, 4) is 11.5 Å². The maximum atomic E-state index is 12.9. The number of pyridine rings is 1. The first-order valence-corrected chi connectivity index (χ1v) is 12.1. The number of benzene rings is 3. The topological polar surface area (TPSA) is 68.7 Å². The fourth-order valence-electron chi connectivity index (χ4n) is 4.47. The first-order valence-electron chi connectivity index (χ1n) is 12.1. The van der Waals surface area contributed by atoms with Crippen molar-refractivity contribution in [2.24, 2.45) is 0 Å². The number of hydrogen-bond donors (Lipinski definition) is 1. The van der Waals surface area contributed by atoms with Crippen LogP contribution in [0.15, 0.2) is 84.4 Å². The van der Waals surface area contributed by atoms with E-state index in [-0.39, 0.29) is 24.0 Å². The van der Waals surface area contributed by atoms with E-state index in [1.165, 1.54) is 12.7 Å². The minimum absolute atomic E-state index is 0.0254. The molecule has 1 heterocycles. The van der Waals surface area contributed by atoms with E-state index in [1.807, 2.05) is 42.5 Å². The zero-order chi connectivity index (χ0) is 25.7. The van der Waals surface area contributed by atoms with Crippen LogP contribution in [0.4, 0.5) is 0 Å². The Morgan fingerprint density at radius 2 is 1.61 bits per heavy atom. The van der Waals surface area contributed by atoms with Gasteiger partial charge in [-0.1, -0.05) is 72.3 Å². The lowest BCUT2D eigenvalue weighted by Gasteiger charge is -2.23. The molecular formula is C31H31NO4. The van der Waals surface area contributed by atoms with Crippen molar-refractivity contribution in [3.63, 3.8) is 0 Å². The number of rotatable bonds is 8. The molecule has 36 heavy (non-hydrogen) atoms. The summed E-state index contributed by atoms with van der Waals surface area (Å²) < 4.78 is 10.8. The predicted molar refractivity (Wildman–Crippen MR) is 143 cm³/mol. The van der Waals surface area contributed by atoms with Crippen LogP contribution in [0, 0.1) is 0 Å². The molecular weight excluding hydrogens is 450 g/mol. The van der Waals surface area contributed by atoms with E-state index in [1.54, 1.807) is 13.0 Å². The molecule has 0 amide bonds. The second-order valence-electron chi connectivity index (χ2n) is 8.86. The average Bonchev–Trinajstić information content (AvgIpc) is 2.89. The third-order valence-corrected chi connectivity index (χ3v) is 6.14. The molecule has 0 bridgehead atoms. The lowest BCUT2D eigenvalue weighted by molar-refractivity contribution is 0.0519. The van der Waals surface area contributed by atoms with Gasteiger partial charge in [-0.25, -0.2) is 9.78 Å². The van der Waals surface area contributed by atoms with E-state index in [2.05, 4.69) is 44.2 Å². The maximum absolute atomic E-state index is 12.9. The standard InChI is InChI=1S/C31H31NO4/c1-5-36-31(34)25-19-24-28(23(17-16-20(2)3)18-26(35-4)30(24)33)29(32-25)27(21-12-8-6-9-13-21)22-14-10-7-11-15-22/h6-16,18-19,27,33H,5,17H2,1-4H3. The van der Waals surface area contributed by atoms with Crippen molar-refractivity contribution in [2.75, 3.05) is 13.7 Å². The number of esters is 1. The number of aromatic nitrogens is 1. The van der Waals surface area contributed by atoms with E-state index in [9.17, 15) is 9.90 Å². The SMILES string of the molecule is CCOC(=O)c1cc2c(O)c(OC)cc(CC=C(C)C)c2c(C(c2ccccc2)c2ccccc2)n1. The van der Waals surface area contributed by atoms with Crippen LogP contribution >= 0.6 is 0 Å². The number of allylic oxidation sites excluding steroid dienone is 2. The van der Waals surface area contributed by atoms with Gasteiger partial charge in [-0.2, -0.15) is 0 Å². The van der Waals surface area contributed by atoms with Crippen molar-refractivity contribution in [1.29, 1.82) is 0 Å². The molecule has 184 valence electrons. The Balaban J connectivity index is 2.14. The summed E-state index contributed by atoms with van der Waals surface area (Å²) in [6.07, 6.45) is 2.76. The number of ether oxygens (including phenoxy) is 2. The van der Waals surface area contributed by atoms with Crippen molar-refractivity contribution in [1.82, 2.24) is 4.98 Å². The van der Waals surface area contributed by atoms with Crippen molar-refractivity contribution in [3.05, 3.63) is 113 Å². The van der Waals surface area contributed by atoms with Gasteiger partial charge in [0.1, 0.15) is 5.69 Å². The third kappa shape index (κ3) is 5.10. The number of carbonyl (C=O) groups is 1. The average molecular weight is 482 g/mol. The third-order valence-electron chi connectivity index (χ3n) is 6.14. The van der Waals surface area contributed by atoms with Gasteiger partial charge in [0, 0.05) is 10.8 Å². The largest absolute Gasteiger partial charge is 0.504 e. The van der Waals surface area contributed by atoms with Crippen molar-refractivity contribution in [2.45, 2.75) is 33.1 Å². The molecule has 0 atom stereocenters. The predicted octanol–water partition coefficient (Wildman–Crippen LogP) is 6.81. The van der Waals surface area contributed by atoms with Gasteiger partial charge in [-0.05, 0) is 56.0 Å². The molecule has 0 aliphatic carbocycles. The Morgan fingerprint density at radius 1 is 1.00 bits per heavy atom. The molecule has 0 radical (unpaired) electrons. The first-order chi connectivity index (χ1) is 17.4. The number of fused-ring (bicyclic) bond motifs is 1. The molecule has 0 fully saturated rings. The fourth-order valence-corrected chi connectivity index (χ4v) is 4.47. The highest BCUT2D eigenvalue weighted by atomic mass is 16.5. The summed E-state index contributed by atoms with van der Waals surface area (Å²) in [5, 5.41) is 12.5. The lowest BCUT2D eigenvalue weighted by atomic mass is 9.84. The molecule has 0 unspecified atom stereocenters. The number of hydrogen-bond acceptors (Lipinski definition) is 5. The van der Waals surface area contributed by atoms with Gasteiger partial charge in [0.25, 0.3) is 0 Å². The molecule has 0 aliphatic heterocycles. The van der Waals surface area contributed by atoms with Crippen LogP contribution in [0.2, 0.25) is 0 Å². The Bertz CT molecular complexity index is 1350. The Kier molecular flexibility index (Phi) is 7.69. The monoisotopic (exact) mass is 481 g/mol. The van der Waals surface area contributed by atoms with Crippen molar-refractivity contribution >= 4 is 16.7 Å². The molecule has 1 N–H and O–H groups in total. The minimum atomic E-state index is -0.534. The lowest BCUT2D eigenvalue weighted by Crippen LogP contribution is -2.13. The Hall–Kier alpha value is -4.12. The minimum Gasteiger partial charge on any atom is -0.504 e. The molecule has 0 saturated heterocycles. The second-order valence-corrected chi connectivity index (χ2v) is 8.86. The highest BCUT2D eigenvalue weighted by Crippen LogP contribution is 2.43. The van der Waals surface area contributed by atoms with Crippen LogP contribution in [-0.4, -0.2) is 29.8 Å². The molecule has 0 saturated carbocycles. The summed E-state index contributed by atoms with van der Waals surface area (Å²) in [6, 6.07) is 23.6. The van der Waals surface area contributed by atoms with E-state index in [4.69, 9.17) is 14.5 Å². The van der Waals surface area contributed by atoms with Crippen LogP contribution in [0.1, 0.15) is 59.6 Å². The first kappa shape index (κ1) is 25.0. The molecule has 5 heteroatoms. The van der Waals surface area contributed by atoms with E-state index >= 15 is 0 Å². The van der Waals surface area contributed by atoms with E-state index in [0.29, 0.717) is 23.3 Å². The van der Waals surface area contributed by atoms with Crippen LogP contribution < -0.4 is 4.74 Å². The van der Waals surface area contributed by atoms with Gasteiger partial charge in [-0.15, -0.1) is 0 Å². The summed E-state index contributed by atoms with van der Waals surface area (Å²) in [4.78, 5) is 17.8. The van der Waals surface area contributed by atoms with Gasteiger partial charge in [0.15, 0.2) is 11.5 Å². The number of phenols is 1. The van der Waals surface area contributed by atoms with Crippen LogP contribution in [0.3, 0.4) is 0 Å². The molecule has 4 aromatic rings. The molecule has 5 nitrogen and oxygen atoms in total. The summed E-state index contributed by atoms with van der Waals surface area (Å²) in [6.45, 7) is 6.09. The Morgan fingerprint density at radius 3 is 2.14 bits per heavy atom. The second kappa shape index (κ2) is 11.1. The van der Waals surface area contributed by atoms with Gasteiger partial charge < -0.3 is 14.6 Å². The van der Waals surface area contributed by atoms with Gasteiger partial charge in [-0.3, -0.25) is 0 Å². The molecule has 4 rings (SSSR count). The zero-order valence-electron chi connectivity index (χ0n) is 21.1. The normalized spacial score (nSPS) is 10.9. The number of nitrogens with zero attached hydrogens (tertiary/aromatic N) is 1. The van der Waals surface area contributed by atoms with Gasteiger partial charge >= 0.3 is 5.97 Å². The fraction of sp³-hybridized carbons (Fsp3) is 0.226. The molecule has 0 spiro atoms. The van der Waals surface area contributed by atoms with Crippen LogP contribution in [0.5, 0.6) is 11.5 Å². The van der Waals surface area contributed by atoms with Crippen molar-refractivity contribution < 1.29 is 19.4 Å². The molecule has 0 aliphatic rings. The van der Waals surface area contributed by atoms with E-state index < -0.39 is 5.97 Å². The number of methoxy groups -OCH3 is 1. The summed E-state index contributed by atoms with van der Waals surface area (Å²) >= 11 is 0. The Labute approximate surface area is 212 Å². The summed E-state index contributed by atoms with van der Waals surface area (Å²) in [5.74, 6) is -0.485.